The van der Waals surface area contributed by atoms with Crippen molar-refractivity contribution < 1.29 is 83.2 Å². The topological polar surface area (TPSA) is 288 Å². The number of unbranched alkanes of at least 4 members (excludes halogenated alkanes) is 1. The van der Waals surface area contributed by atoms with E-state index >= 15 is 0 Å². The van der Waals surface area contributed by atoms with E-state index in [-0.39, 0.29) is 89.7 Å². The van der Waals surface area contributed by atoms with Gasteiger partial charge in [-0.3, -0.25) is 24.0 Å². The highest BCUT2D eigenvalue weighted by Crippen LogP contribution is 2.29. The number of hydrogen-bond acceptors (Lipinski definition) is 17. The zero-order valence-corrected chi connectivity index (χ0v) is 29.7. The van der Waals surface area contributed by atoms with Gasteiger partial charge >= 0.3 is 5.97 Å². The van der Waals surface area contributed by atoms with E-state index in [9.17, 15) is 59.4 Å². The van der Waals surface area contributed by atoms with Gasteiger partial charge in [-0.1, -0.05) is 0 Å². The zero-order chi connectivity index (χ0) is 39.0. The van der Waals surface area contributed by atoms with Gasteiger partial charge in [0, 0.05) is 38.6 Å². The Morgan fingerprint density at radius 3 is 1.81 bits per heavy atom. The highest BCUT2D eigenvalue weighted by atomic mass is 16.7. The molecular weight excluding hydrogens is 710 g/mol. The van der Waals surface area contributed by atoms with Crippen molar-refractivity contribution in [3.63, 3.8) is 0 Å². The predicted octanol–water partition coefficient (Wildman–Crippen LogP) is -3.33. The van der Waals surface area contributed by atoms with Gasteiger partial charge in [0.05, 0.1) is 31.5 Å². The lowest BCUT2D eigenvalue weighted by molar-refractivity contribution is -0.293. The molecule has 4 saturated heterocycles. The van der Waals surface area contributed by atoms with Crippen molar-refractivity contribution in [1.29, 1.82) is 0 Å². The molecule has 0 aromatic heterocycles. The number of nitrogens with one attached hydrogen (secondary N) is 1. The second kappa shape index (κ2) is 19.4. The average molecular weight is 762 g/mol. The Morgan fingerprint density at radius 1 is 0.698 bits per heavy atom. The minimum Gasteiger partial charge on any atom is -0.388 e. The summed E-state index contributed by atoms with van der Waals surface area (Å²) in [5.74, 6) is -3.51. The Labute approximate surface area is 305 Å². The molecular formula is C33H51N3O17. The number of hydrogen-bond donors (Lipinski definition) is 7. The highest BCUT2D eigenvalue weighted by molar-refractivity contribution is 6.01. The minimum atomic E-state index is -1.53. The molecule has 53 heavy (non-hydrogen) atoms. The van der Waals surface area contributed by atoms with Crippen LogP contribution in [0.15, 0.2) is 0 Å². The summed E-state index contributed by atoms with van der Waals surface area (Å²) in [6.45, 7) is 2.68. The minimum absolute atomic E-state index is 0.0515. The number of nitrogens with zero attached hydrogens (tertiary/aromatic N) is 2. The third-order valence-electron chi connectivity index (χ3n) is 9.72. The highest BCUT2D eigenvalue weighted by Gasteiger charge is 2.45. The number of hydroxylamine groups is 2. The van der Waals surface area contributed by atoms with Crippen molar-refractivity contribution in [3.8, 4) is 0 Å². The van der Waals surface area contributed by atoms with Crippen LogP contribution in [0, 0.1) is 0 Å². The SMILES string of the molecule is C[C@@H]1O[C@@H](OCCCC(=O)[C@H]2CC[C@H](C(=O)NCCO[C@@H]3O[C@@H](C)[C@@H](O)[C@@H](O)[C@@H]3O)N2C(=O)CCCCC(=O)ON2C(=O)CCC2=O)[C@@H](O)[C@H](O)[C@@H]1O. The molecule has 300 valence electrons. The average Bonchev–Trinajstić information content (AvgIpc) is 3.72. The largest absolute Gasteiger partial charge is 0.388 e. The molecule has 0 spiro atoms. The molecule has 7 N–H and O–H groups in total. The summed E-state index contributed by atoms with van der Waals surface area (Å²) in [6, 6.07) is -1.99. The van der Waals surface area contributed by atoms with Crippen molar-refractivity contribution in [1.82, 2.24) is 15.3 Å². The van der Waals surface area contributed by atoms with E-state index in [0.717, 1.165) is 0 Å². The van der Waals surface area contributed by atoms with Gasteiger partial charge in [0.15, 0.2) is 18.4 Å². The molecule has 0 bridgehead atoms. The Balaban J connectivity index is 1.30. The molecule has 4 aliphatic rings. The quantitative estimate of drug-likeness (QED) is 0.0563. The van der Waals surface area contributed by atoms with Crippen molar-refractivity contribution in [2.75, 3.05) is 19.8 Å². The molecule has 20 heteroatoms. The van der Waals surface area contributed by atoms with Crippen LogP contribution >= 0.6 is 0 Å². The Kier molecular flexibility index (Phi) is 15.6. The number of imide groups is 1. The Morgan fingerprint density at radius 2 is 1.23 bits per heavy atom. The summed E-state index contributed by atoms with van der Waals surface area (Å²) < 4.78 is 21.7. The lowest BCUT2D eigenvalue weighted by Gasteiger charge is -2.38. The number of ether oxygens (including phenoxy) is 4. The van der Waals surface area contributed by atoms with Gasteiger partial charge in [-0.15, -0.1) is 5.06 Å². The van der Waals surface area contributed by atoms with Crippen molar-refractivity contribution in [2.45, 2.75) is 152 Å². The first-order valence-corrected chi connectivity index (χ1v) is 17.9. The third kappa shape index (κ3) is 10.7. The molecule has 4 aliphatic heterocycles. The lowest BCUT2D eigenvalue weighted by atomic mass is 10.00. The molecule has 20 nitrogen and oxygen atoms in total. The fourth-order valence-electron chi connectivity index (χ4n) is 6.59. The van der Waals surface area contributed by atoms with Gasteiger partial charge in [0.1, 0.15) is 42.7 Å². The molecule has 4 amide bonds. The molecule has 0 aromatic carbocycles. The number of likely N-dealkylation sites (tertiary alicyclic amines) is 1. The first kappa shape index (κ1) is 42.6. The number of rotatable bonds is 17. The molecule has 12 atom stereocenters. The Hall–Kier alpha value is -3.18. The van der Waals surface area contributed by atoms with Crippen LogP contribution in [0.3, 0.4) is 0 Å². The standard InChI is InChI=1S/C33H51N3O17/c1-16-25(42)27(44)29(46)32(51-16)49-14-5-6-20(37)18-9-10-19(31(48)34-13-15-50-33-30(47)28(45)26(43)17(2)52-33)35(18)21(38)7-3-4-8-24(41)53-36-22(39)11-12-23(36)40/h16-19,25-30,32-33,42-47H,3-15H2,1-2H3,(H,34,48)/t16-,17-,18+,19+,25+,26+,27+,28+,29-,30-,32+,33+/m0/s1. The van der Waals surface area contributed by atoms with Gasteiger partial charge in [0.25, 0.3) is 11.8 Å². The fourth-order valence-corrected chi connectivity index (χ4v) is 6.59. The molecule has 0 radical (unpaired) electrons. The van der Waals surface area contributed by atoms with Crippen LogP contribution in [0.1, 0.15) is 78.1 Å². The number of amides is 4. The summed E-state index contributed by atoms with van der Waals surface area (Å²) in [7, 11) is 0. The van der Waals surface area contributed by atoms with Crippen LogP contribution in [0.4, 0.5) is 0 Å². The van der Waals surface area contributed by atoms with E-state index in [4.69, 9.17) is 23.8 Å². The Bertz CT molecular complexity index is 1240. The maximum atomic E-state index is 13.6. The summed E-state index contributed by atoms with van der Waals surface area (Å²) in [6.07, 6.45) is -12.5. The second-order valence-corrected chi connectivity index (χ2v) is 13.6. The van der Waals surface area contributed by atoms with Crippen LogP contribution in [0.2, 0.25) is 0 Å². The molecule has 4 heterocycles. The monoisotopic (exact) mass is 761 g/mol. The summed E-state index contributed by atoms with van der Waals surface area (Å²) >= 11 is 0. The molecule has 0 unspecified atom stereocenters. The van der Waals surface area contributed by atoms with Crippen LogP contribution in [-0.2, 0) is 52.6 Å². The summed E-state index contributed by atoms with van der Waals surface area (Å²) in [5.41, 5.74) is 0. The third-order valence-corrected chi connectivity index (χ3v) is 9.72. The number of aliphatic hydroxyl groups excluding tert-OH is 6. The van der Waals surface area contributed by atoms with E-state index in [1.807, 2.05) is 0 Å². The first-order chi connectivity index (χ1) is 25.1. The fraction of sp³-hybridized carbons (Fsp3) is 0.818. The van der Waals surface area contributed by atoms with E-state index in [2.05, 4.69) is 5.32 Å². The molecule has 4 fully saturated rings. The first-order valence-electron chi connectivity index (χ1n) is 17.9. The number of aliphatic hydroxyl groups is 6. The van der Waals surface area contributed by atoms with Crippen molar-refractivity contribution in [3.05, 3.63) is 0 Å². The van der Waals surface area contributed by atoms with E-state index in [1.54, 1.807) is 0 Å². The lowest BCUT2D eigenvalue weighted by Crippen LogP contribution is -2.57. The van der Waals surface area contributed by atoms with Crippen LogP contribution < -0.4 is 5.32 Å². The molecule has 0 aliphatic carbocycles. The van der Waals surface area contributed by atoms with Crippen LogP contribution in [0.25, 0.3) is 0 Å². The van der Waals surface area contributed by atoms with Crippen molar-refractivity contribution in [2.24, 2.45) is 0 Å². The maximum Gasteiger partial charge on any atom is 0.333 e. The van der Waals surface area contributed by atoms with Gasteiger partial charge in [0.2, 0.25) is 11.8 Å². The number of ketones is 1. The predicted molar refractivity (Wildman–Crippen MR) is 173 cm³/mol. The number of Topliss-reactive ketones (excluding diaryl/α,β-unsaturated/α-hetero) is 1. The van der Waals surface area contributed by atoms with Crippen molar-refractivity contribution >= 4 is 35.4 Å². The molecule has 4 rings (SSSR count). The van der Waals surface area contributed by atoms with Crippen LogP contribution in [0.5, 0.6) is 0 Å². The second-order valence-electron chi connectivity index (χ2n) is 13.6. The smallest absolute Gasteiger partial charge is 0.333 e. The maximum absolute atomic E-state index is 13.6. The van der Waals surface area contributed by atoms with Gasteiger partial charge in [-0.25, -0.2) is 4.79 Å². The van der Waals surface area contributed by atoms with E-state index in [1.165, 1.54) is 18.7 Å². The van der Waals surface area contributed by atoms with Crippen LogP contribution in [-0.4, -0.2) is 169 Å². The van der Waals surface area contributed by atoms with Gasteiger partial charge in [-0.05, 0) is 46.0 Å². The molecule has 0 saturated carbocycles. The molecule has 0 aromatic rings. The summed E-state index contributed by atoms with van der Waals surface area (Å²) in [5, 5.41) is 63.1. The summed E-state index contributed by atoms with van der Waals surface area (Å²) in [4.78, 5) is 82.0. The van der Waals surface area contributed by atoms with E-state index in [0.29, 0.717) is 5.06 Å². The number of carbonyl (C=O) groups is 6. The van der Waals surface area contributed by atoms with E-state index < -0.39 is 103 Å². The number of carbonyl (C=O) groups excluding carboxylic acids is 6. The normalized spacial score (nSPS) is 34.7. The van der Waals surface area contributed by atoms with Gasteiger partial charge in [-0.2, -0.15) is 0 Å². The zero-order valence-electron chi connectivity index (χ0n) is 29.7. The van der Waals surface area contributed by atoms with Gasteiger partial charge < -0.3 is 64.6 Å².